The molecular formula is C25H43NO2. The maximum atomic E-state index is 11.8. The predicted molar refractivity (Wildman–Crippen MR) is 120 cm³/mol. The molecule has 0 aliphatic heterocycles. The van der Waals surface area contributed by atoms with Gasteiger partial charge in [0, 0.05) is 6.54 Å². The smallest absolute Gasteiger partial charge is 0.257 e. The van der Waals surface area contributed by atoms with Crippen LogP contribution in [0.1, 0.15) is 102 Å². The highest BCUT2D eigenvalue weighted by molar-refractivity contribution is 5.77. The van der Waals surface area contributed by atoms with Crippen molar-refractivity contribution < 1.29 is 9.53 Å². The minimum Gasteiger partial charge on any atom is -0.484 e. The first kappa shape index (κ1) is 24.5. The zero-order valence-electron chi connectivity index (χ0n) is 18.4. The summed E-state index contributed by atoms with van der Waals surface area (Å²) >= 11 is 0. The lowest BCUT2D eigenvalue weighted by atomic mass is 10.0. The first-order valence-electron chi connectivity index (χ1n) is 11.7. The zero-order valence-corrected chi connectivity index (χ0v) is 18.4. The van der Waals surface area contributed by atoms with Crippen LogP contribution in [0.5, 0.6) is 5.75 Å². The number of carbonyl (C=O) groups excluding carboxylic acids is 1. The average molecular weight is 390 g/mol. The Kier molecular flexibility index (Phi) is 15.4. The minimum absolute atomic E-state index is 0.0322. The third kappa shape index (κ3) is 14.5. The third-order valence-electron chi connectivity index (χ3n) is 5.24. The van der Waals surface area contributed by atoms with Crippen LogP contribution in [0.4, 0.5) is 0 Å². The van der Waals surface area contributed by atoms with E-state index in [1.54, 1.807) is 0 Å². The Morgan fingerprint density at radius 3 is 1.71 bits per heavy atom. The van der Waals surface area contributed by atoms with Gasteiger partial charge in [-0.25, -0.2) is 0 Å². The van der Waals surface area contributed by atoms with Crippen LogP contribution < -0.4 is 10.1 Å². The van der Waals surface area contributed by atoms with E-state index in [0.29, 0.717) is 0 Å². The summed E-state index contributed by atoms with van der Waals surface area (Å²) in [6.07, 6.45) is 18.9. The summed E-state index contributed by atoms with van der Waals surface area (Å²) in [4.78, 5) is 11.8. The Morgan fingerprint density at radius 1 is 0.750 bits per heavy atom. The third-order valence-corrected chi connectivity index (χ3v) is 5.24. The van der Waals surface area contributed by atoms with E-state index >= 15 is 0 Å². The second-order valence-corrected chi connectivity index (χ2v) is 8.05. The van der Waals surface area contributed by atoms with Crippen LogP contribution >= 0.6 is 0 Å². The van der Waals surface area contributed by atoms with Gasteiger partial charge in [0.25, 0.3) is 5.91 Å². The molecule has 1 amide bonds. The molecule has 0 spiro atoms. The van der Waals surface area contributed by atoms with E-state index in [9.17, 15) is 4.79 Å². The van der Waals surface area contributed by atoms with E-state index < -0.39 is 0 Å². The number of unbranched alkanes of at least 4 members (excludes halogenated alkanes) is 13. The summed E-state index contributed by atoms with van der Waals surface area (Å²) in [6.45, 7) is 5.17. The first-order valence-corrected chi connectivity index (χ1v) is 11.7. The van der Waals surface area contributed by atoms with Crippen molar-refractivity contribution in [3.63, 3.8) is 0 Å². The molecule has 1 N–H and O–H groups in total. The van der Waals surface area contributed by atoms with Crippen molar-refractivity contribution >= 4 is 5.91 Å². The van der Waals surface area contributed by atoms with E-state index in [1.807, 2.05) is 31.2 Å². The number of benzene rings is 1. The van der Waals surface area contributed by atoms with Crippen LogP contribution in [0.15, 0.2) is 24.3 Å². The molecule has 0 aliphatic carbocycles. The molecule has 1 rings (SSSR count). The van der Waals surface area contributed by atoms with Crippen molar-refractivity contribution in [3.05, 3.63) is 29.8 Å². The maximum Gasteiger partial charge on any atom is 0.257 e. The van der Waals surface area contributed by atoms with E-state index in [0.717, 1.165) is 18.7 Å². The molecule has 0 radical (unpaired) electrons. The molecule has 160 valence electrons. The van der Waals surface area contributed by atoms with Gasteiger partial charge < -0.3 is 10.1 Å². The van der Waals surface area contributed by atoms with Crippen LogP contribution in [0, 0.1) is 6.92 Å². The van der Waals surface area contributed by atoms with Crippen LogP contribution in [0.2, 0.25) is 0 Å². The lowest BCUT2D eigenvalue weighted by Crippen LogP contribution is -2.29. The normalized spacial score (nSPS) is 10.8. The number of carbonyl (C=O) groups is 1. The maximum absolute atomic E-state index is 11.8. The van der Waals surface area contributed by atoms with E-state index in [4.69, 9.17) is 4.74 Å². The number of hydrogen-bond donors (Lipinski definition) is 1. The number of nitrogens with one attached hydrogen (secondary N) is 1. The number of ether oxygens (including phenoxy) is 1. The van der Waals surface area contributed by atoms with Gasteiger partial charge in [0.05, 0.1) is 0 Å². The van der Waals surface area contributed by atoms with E-state index in [1.165, 1.54) is 89.0 Å². The molecule has 1 aromatic carbocycles. The summed E-state index contributed by atoms with van der Waals surface area (Å²) in [6, 6.07) is 7.77. The first-order chi connectivity index (χ1) is 13.7. The Balaban J connectivity index is 1.80. The van der Waals surface area contributed by atoms with Gasteiger partial charge in [-0.3, -0.25) is 4.79 Å². The number of aryl methyl sites for hydroxylation is 1. The van der Waals surface area contributed by atoms with Crippen LogP contribution in [0.3, 0.4) is 0 Å². The summed E-state index contributed by atoms with van der Waals surface area (Å²) in [5.74, 6) is 0.715. The molecule has 3 heteroatoms. The van der Waals surface area contributed by atoms with Crippen molar-refractivity contribution in [2.45, 2.75) is 104 Å². The Morgan fingerprint density at radius 2 is 1.21 bits per heavy atom. The fourth-order valence-corrected chi connectivity index (χ4v) is 3.38. The largest absolute Gasteiger partial charge is 0.484 e. The SMILES string of the molecule is CCCCCCCCCCCCCCCCNC(=O)COc1ccc(C)cc1. The van der Waals surface area contributed by atoms with Crippen molar-refractivity contribution in [2.24, 2.45) is 0 Å². The summed E-state index contributed by atoms with van der Waals surface area (Å²) in [7, 11) is 0. The highest BCUT2D eigenvalue weighted by atomic mass is 16.5. The van der Waals surface area contributed by atoms with Crippen LogP contribution in [0.25, 0.3) is 0 Å². The molecule has 0 atom stereocenters. The Labute approximate surface area is 173 Å². The Hall–Kier alpha value is -1.51. The van der Waals surface area contributed by atoms with Crippen LogP contribution in [-0.4, -0.2) is 19.1 Å². The lowest BCUT2D eigenvalue weighted by molar-refractivity contribution is -0.123. The number of rotatable bonds is 18. The molecule has 3 nitrogen and oxygen atoms in total. The molecule has 1 aromatic rings. The Bertz CT molecular complexity index is 484. The second kappa shape index (κ2) is 17.6. The lowest BCUT2D eigenvalue weighted by Gasteiger charge is -2.08. The van der Waals surface area contributed by atoms with Gasteiger partial charge in [0.15, 0.2) is 6.61 Å². The quantitative estimate of drug-likeness (QED) is 0.275. The average Bonchev–Trinajstić information content (AvgIpc) is 2.70. The highest BCUT2D eigenvalue weighted by Crippen LogP contribution is 2.13. The van der Waals surface area contributed by atoms with E-state index in [-0.39, 0.29) is 12.5 Å². The summed E-state index contributed by atoms with van der Waals surface area (Å²) < 4.78 is 5.49. The molecule has 0 unspecified atom stereocenters. The van der Waals surface area contributed by atoms with Gasteiger partial charge in [-0.05, 0) is 25.5 Å². The molecule has 0 aliphatic rings. The van der Waals surface area contributed by atoms with Crippen molar-refractivity contribution in [3.8, 4) is 5.75 Å². The number of hydrogen-bond acceptors (Lipinski definition) is 2. The van der Waals surface area contributed by atoms with Gasteiger partial charge in [-0.2, -0.15) is 0 Å². The highest BCUT2D eigenvalue weighted by Gasteiger charge is 2.02. The van der Waals surface area contributed by atoms with Gasteiger partial charge >= 0.3 is 0 Å². The monoisotopic (exact) mass is 389 g/mol. The van der Waals surface area contributed by atoms with Gasteiger partial charge in [0.1, 0.15) is 5.75 Å². The molecule has 0 saturated carbocycles. The van der Waals surface area contributed by atoms with Gasteiger partial charge in [0.2, 0.25) is 0 Å². The topological polar surface area (TPSA) is 38.3 Å². The molecule has 0 bridgehead atoms. The fourth-order valence-electron chi connectivity index (χ4n) is 3.38. The molecule has 28 heavy (non-hydrogen) atoms. The van der Waals surface area contributed by atoms with Crippen LogP contribution in [-0.2, 0) is 4.79 Å². The summed E-state index contributed by atoms with van der Waals surface area (Å²) in [5, 5.41) is 2.94. The zero-order chi connectivity index (χ0) is 20.3. The van der Waals surface area contributed by atoms with Gasteiger partial charge in [-0.1, -0.05) is 108 Å². The van der Waals surface area contributed by atoms with E-state index in [2.05, 4.69) is 12.2 Å². The minimum atomic E-state index is -0.0322. The molecule has 0 heterocycles. The molecule has 0 aromatic heterocycles. The second-order valence-electron chi connectivity index (χ2n) is 8.05. The molecular weight excluding hydrogens is 346 g/mol. The summed E-state index contributed by atoms with van der Waals surface area (Å²) in [5.41, 5.74) is 1.19. The van der Waals surface area contributed by atoms with Crippen molar-refractivity contribution in [2.75, 3.05) is 13.2 Å². The molecule has 0 fully saturated rings. The number of amides is 1. The predicted octanol–water partition coefficient (Wildman–Crippen LogP) is 6.97. The molecule has 0 saturated heterocycles. The van der Waals surface area contributed by atoms with Gasteiger partial charge in [-0.15, -0.1) is 0 Å². The standard InChI is InChI=1S/C25H43NO2/c1-3-4-5-6-7-8-9-10-11-12-13-14-15-16-21-26-25(27)22-28-24-19-17-23(2)18-20-24/h17-20H,3-16,21-22H2,1-2H3,(H,26,27). The fraction of sp³-hybridized carbons (Fsp3) is 0.720. The van der Waals surface area contributed by atoms with Crippen molar-refractivity contribution in [1.82, 2.24) is 5.32 Å². The van der Waals surface area contributed by atoms with Crippen molar-refractivity contribution in [1.29, 1.82) is 0 Å².